The Kier molecular flexibility index (Phi) is 5.76. The fraction of sp³-hybridized carbons (Fsp3) is 0.500. The van der Waals surface area contributed by atoms with Crippen molar-refractivity contribution in [2.75, 3.05) is 13.1 Å². The van der Waals surface area contributed by atoms with Crippen molar-refractivity contribution in [3.63, 3.8) is 0 Å². The first kappa shape index (κ1) is 20.6. The summed E-state index contributed by atoms with van der Waals surface area (Å²) in [6.45, 7) is 7.95. The van der Waals surface area contributed by atoms with Gasteiger partial charge in [-0.3, -0.25) is 24.8 Å². The van der Waals surface area contributed by atoms with Crippen LogP contribution in [0, 0.1) is 12.8 Å². The molecule has 1 aliphatic rings. The van der Waals surface area contributed by atoms with Crippen LogP contribution in [0.15, 0.2) is 24.4 Å². The normalized spacial score (nSPS) is 17.1. The predicted molar refractivity (Wildman–Crippen MR) is 106 cm³/mol. The first-order valence-electron chi connectivity index (χ1n) is 9.67. The monoisotopic (exact) mass is 401 g/mol. The number of imidazole rings is 1. The van der Waals surface area contributed by atoms with Gasteiger partial charge in [0.15, 0.2) is 0 Å². The highest BCUT2D eigenvalue weighted by molar-refractivity contribution is 5.96. The Labute approximate surface area is 169 Å². The molecule has 3 rings (SSSR count). The van der Waals surface area contributed by atoms with Gasteiger partial charge in [-0.05, 0) is 52.7 Å². The van der Waals surface area contributed by atoms with E-state index >= 15 is 0 Å². The second kappa shape index (κ2) is 8.10. The van der Waals surface area contributed by atoms with Crippen molar-refractivity contribution in [2.45, 2.75) is 46.1 Å². The van der Waals surface area contributed by atoms with Gasteiger partial charge in [-0.2, -0.15) is 0 Å². The minimum atomic E-state index is -0.591. The number of aryl methyl sites for hydroxylation is 1. The van der Waals surface area contributed by atoms with E-state index in [4.69, 9.17) is 4.74 Å². The molecule has 0 aliphatic carbocycles. The van der Waals surface area contributed by atoms with Crippen molar-refractivity contribution < 1.29 is 19.1 Å². The Morgan fingerprint density at radius 1 is 1.21 bits per heavy atom. The number of hydrogen-bond donors (Lipinski definition) is 2. The predicted octanol–water partition coefficient (Wildman–Crippen LogP) is 2.05. The maximum atomic E-state index is 12.6. The zero-order valence-corrected chi connectivity index (χ0v) is 17.2. The molecule has 9 nitrogen and oxygen atoms in total. The molecule has 2 N–H and O–H groups in total. The highest BCUT2D eigenvalue weighted by atomic mass is 16.6. The highest BCUT2D eigenvalue weighted by Gasteiger charge is 2.31. The van der Waals surface area contributed by atoms with Crippen molar-refractivity contribution in [3.8, 4) is 0 Å². The number of fused-ring (bicyclic) bond motifs is 1. The van der Waals surface area contributed by atoms with E-state index in [-0.39, 0.29) is 12.5 Å². The quantitative estimate of drug-likeness (QED) is 0.750. The molecular formula is C20H27N5O4. The number of aromatic nitrogens is 2. The molecule has 1 fully saturated rings. The molecule has 3 amide bonds. The second-order valence-corrected chi connectivity index (χ2v) is 8.18. The zero-order chi connectivity index (χ0) is 21.2. The molecule has 3 heterocycles. The number of likely N-dealkylation sites (tertiary alicyclic amines) is 1. The van der Waals surface area contributed by atoms with Gasteiger partial charge in [-0.15, -0.1) is 0 Å². The van der Waals surface area contributed by atoms with Crippen LogP contribution in [0.3, 0.4) is 0 Å². The van der Waals surface area contributed by atoms with E-state index < -0.39 is 23.5 Å². The van der Waals surface area contributed by atoms with Crippen LogP contribution in [0.5, 0.6) is 0 Å². The van der Waals surface area contributed by atoms with Gasteiger partial charge in [-0.1, -0.05) is 6.07 Å². The maximum Gasteiger partial charge on any atom is 0.410 e. The maximum absolute atomic E-state index is 12.6. The lowest BCUT2D eigenvalue weighted by molar-refractivity contribution is -0.127. The zero-order valence-electron chi connectivity index (χ0n) is 17.2. The molecule has 1 saturated heterocycles. The Morgan fingerprint density at radius 3 is 2.69 bits per heavy atom. The molecule has 0 unspecified atom stereocenters. The van der Waals surface area contributed by atoms with Gasteiger partial charge in [0, 0.05) is 19.3 Å². The first-order chi connectivity index (χ1) is 13.7. The van der Waals surface area contributed by atoms with Gasteiger partial charge in [0.2, 0.25) is 5.91 Å². The number of nitrogens with zero attached hydrogens (tertiary/aromatic N) is 3. The molecule has 156 valence electrons. The number of piperidine rings is 1. The molecule has 9 heteroatoms. The van der Waals surface area contributed by atoms with Gasteiger partial charge in [0.05, 0.1) is 11.6 Å². The van der Waals surface area contributed by atoms with E-state index in [0.29, 0.717) is 36.4 Å². The SMILES string of the molecule is Cc1nc2ccccn2c1C(=O)NNC(=O)[C@@H]1CCCN(C(=O)OC(C)(C)C)C1. The molecule has 2 aromatic heterocycles. The number of ether oxygens (including phenoxy) is 1. The van der Waals surface area contributed by atoms with Crippen LogP contribution in [0.2, 0.25) is 0 Å². The third-order valence-electron chi connectivity index (χ3n) is 4.66. The number of amides is 3. The summed E-state index contributed by atoms with van der Waals surface area (Å²) < 4.78 is 7.05. The summed E-state index contributed by atoms with van der Waals surface area (Å²) in [5.41, 5.74) is 5.94. The van der Waals surface area contributed by atoms with Crippen LogP contribution in [0.1, 0.15) is 49.8 Å². The lowest BCUT2D eigenvalue weighted by Crippen LogP contribution is -2.50. The molecule has 2 aromatic rings. The van der Waals surface area contributed by atoms with Crippen LogP contribution < -0.4 is 10.9 Å². The molecule has 0 spiro atoms. The van der Waals surface area contributed by atoms with Crippen LogP contribution in [-0.2, 0) is 9.53 Å². The Balaban J connectivity index is 1.59. The average Bonchev–Trinajstić information content (AvgIpc) is 3.00. The van der Waals surface area contributed by atoms with Crippen LogP contribution in [-0.4, -0.2) is 50.9 Å². The summed E-state index contributed by atoms with van der Waals surface area (Å²) >= 11 is 0. The molecule has 0 saturated carbocycles. The van der Waals surface area contributed by atoms with Gasteiger partial charge < -0.3 is 9.64 Å². The standard InChI is InChI=1S/C20H27N5O4/c1-13-16(25-11-6-5-9-15(25)21-13)18(27)23-22-17(26)14-8-7-10-24(12-14)19(28)29-20(2,3)4/h5-6,9,11,14H,7-8,10,12H2,1-4H3,(H,22,26)(H,23,27)/t14-/m1/s1. The molecule has 0 bridgehead atoms. The number of pyridine rings is 1. The topological polar surface area (TPSA) is 105 Å². The van der Waals surface area contributed by atoms with Crippen molar-refractivity contribution in [2.24, 2.45) is 5.92 Å². The number of hydrazine groups is 1. The number of carbonyl (C=O) groups excluding carboxylic acids is 3. The summed E-state index contributed by atoms with van der Waals surface area (Å²) in [6, 6.07) is 5.44. The van der Waals surface area contributed by atoms with E-state index in [1.165, 1.54) is 4.90 Å². The Morgan fingerprint density at radius 2 is 1.97 bits per heavy atom. The van der Waals surface area contributed by atoms with Crippen molar-refractivity contribution in [1.82, 2.24) is 25.1 Å². The third kappa shape index (κ3) is 4.85. The lowest BCUT2D eigenvalue weighted by Gasteiger charge is -2.33. The van der Waals surface area contributed by atoms with Crippen molar-refractivity contribution in [1.29, 1.82) is 0 Å². The molecule has 29 heavy (non-hydrogen) atoms. The minimum absolute atomic E-state index is 0.255. The third-order valence-corrected chi connectivity index (χ3v) is 4.66. The van der Waals surface area contributed by atoms with Gasteiger partial charge >= 0.3 is 6.09 Å². The van der Waals surface area contributed by atoms with E-state index in [0.717, 1.165) is 0 Å². The van der Waals surface area contributed by atoms with E-state index in [2.05, 4.69) is 15.8 Å². The molecule has 1 atom stereocenters. The molecule has 0 aromatic carbocycles. The van der Waals surface area contributed by atoms with E-state index in [1.54, 1.807) is 50.4 Å². The first-order valence-corrected chi connectivity index (χ1v) is 9.67. The van der Waals surface area contributed by atoms with Crippen molar-refractivity contribution in [3.05, 3.63) is 35.8 Å². The van der Waals surface area contributed by atoms with Crippen LogP contribution in [0.25, 0.3) is 5.65 Å². The molecule has 0 radical (unpaired) electrons. The second-order valence-electron chi connectivity index (χ2n) is 8.18. The van der Waals surface area contributed by atoms with Crippen LogP contribution >= 0.6 is 0 Å². The largest absolute Gasteiger partial charge is 0.444 e. The van der Waals surface area contributed by atoms with Gasteiger partial charge in [-0.25, -0.2) is 9.78 Å². The van der Waals surface area contributed by atoms with Gasteiger partial charge in [0.25, 0.3) is 5.91 Å². The van der Waals surface area contributed by atoms with Crippen LogP contribution in [0.4, 0.5) is 4.79 Å². The van der Waals surface area contributed by atoms with Gasteiger partial charge in [0.1, 0.15) is 16.9 Å². The average molecular weight is 401 g/mol. The smallest absolute Gasteiger partial charge is 0.410 e. The number of carbonyl (C=O) groups is 3. The summed E-state index contributed by atoms with van der Waals surface area (Å²) in [6.07, 6.45) is 2.64. The fourth-order valence-electron chi connectivity index (χ4n) is 3.35. The Bertz CT molecular complexity index is 931. The lowest BCUT2D eigenvalue weighted by atomic mass is 9.98. The summed E-state index contributed by atoms with van der Waals surface area (Å²) in [5.74, 6) is -1.20. The fourth-order valence-corrected chi connectivity index (χ4v) is 3.35. The number of rotatable bonds is 2. The Hall–Kier alpha value is -3.10. The van der Waals surface area contributed by atoms with E-state index in [1.807, 2.05) is 6.07 Å². The highest BCUT2D eigenvalue weighted by Crippen LogP contribution is 2.19. The molecule has 1 aliphatic heterocycles. The summed E-state index contributed by atoms with van der Waals surface area (Å²) in [7, 11) is 0. The number of nitrogens with one attached hydrogen (secondary N) is 2. The summed E-state index contributed by atoms with van der Waals surface area (Å²) in [5, 5.41) is 0. The summed E-state index contributed by atoms with van der Waals surface area (Å²) in [4.78, 5) is 43.3. The molecular weight excluding hydrogens is 374 g/mol. The van der Waals surface area contributed by atoms with Crippen molar-refractivity contribution >= 4 is 23.6 Å². The minimum Gasteiger partial charge on any atom is -0.444 e. The van der Waals surface area contributed by atoms with E-state index in [9.17, 15) is 14.4 Å². The number of hydrogen-bond acceptors (Lipinski definition) is 5.